The molecule has 5 heteroatoms. The summed E-state index contributed by atoms with van der Waals surface area (Å²) in [6.07, 6.45) is 34.1. The topological polar surface area (TPSA) is 14.1 Å². The first kappa shape index (κ1) is 34.7. The Labute approximate surface area is 247 Å². The van der Waals surface area contributed by atoms with Crippen LogP contribution in [0.3, 0.4) is 0 Å². The molecule has 0 bridgehead atoms. The summed E-state index contributed by atoms with van der Waals surface area (Å²) in [6.45, 7) is 13.0. The second kappa shape index (κ2) is 19.6. The number of rotatable bonds is 10. The van der Waals surface area contributed by atoms with E-state index in [1.807, 2.05) is 0 Å². The van der Waals surface area contributed by atoms with Gasteiger partial charge in [0.25, 0.3) is 0 Å². The van der Waals surface area contributed by atoms with Crippen LogP contribution in [0, 0.1) is 6.55 Å². The van der Waals surface area contributed by atoms with E-state index in [-0.39, 0.29) is 32.6 Å². The first-order valence-corrected chi connectivity index (χ1v) is 24.0. The third kappa shape index (κ3) is 14.3. The molecule has 4 rings (SSSR count). The molecule has 0 aromatic carbocycles. The van der Waals surface area contributed by atoms with Gasteiger partial charge < -0.3 is 11.9 Å². The zero-order valence-corrected chi connectivity index (χ0v) is 29.3. The normalized spacial score (nSPS) is 23.5. The molecule has 4 aliphatic rings. The van der Waals surface area contributed by atoms with Gasteiger partial charge in [0, 0.05) is 28.2 Å². The number of hydrogen-bond donors (Lipinski definition) is 0. The molecule has 1 radical (unpaired) electrons. The van der Waals surface area contributed by atoms with Crippen LogP contribution >= 0.6 is 15.8 Å². The van der Waals surface area contributed by atoms with E-state index in [2.05, 4.69) is 26.2 Å². The molecule has 0 heterocycles. The number of hydrogen-bond acceptors (Lipinski definition) is 0. The van der Waals surface area contributed by atoms with Crippen molar-refractivity contribution in [2.24, 2.45) is 0 Å². The Hall–Kier alpha value is 1.54. The predicted molar refractivity (Wildman–Crippen MR) is 176 cm³/mol. The average Bonchev–Trinajstić information content (AvgIpc) is 2.89. The standard InChI is InChI=1S/C28H52NP2.C4H11Si.Co/c1-5-13-25(14-6-1)30(26-15-7-2-8-16-26)23-21-29-22-24-31(27-17-9-3-10-18-27)28-19-11-4-12-20-28;1-5(2,3)4;/h25-28H,1-24H2;1H2,2-4H3;/q2*-1;+2/p+2. The summed E-state index contributed by atoms with van der Waals surface area (Å²) in [4.78, 5) is 0. The Morgan fingerprint density at radius 3 is 0.946 bits per heavy atom. The van der Waals surface area contributed by atoms with E-state index in [1.54, 1.807) is 51.4 Å². The fourth-order valence-corrected chi connectivity index (χ4v) is 16.3. The van der Waals surface area contributed by atoms with Crippen LogP contribution in [-0.2, 0) is 16.8 Å². The van der Waals surface area contributed by atoms with Gasteiger partial charge in [-0.1, -0.05) is 45.3 Å². The summed E-state index contributed by atoms with van der Waals surface area (Å²) >= 11 is 0. The Balaban J connectivity index is 0.000000734. The molecule has 37 heavy (non-hydrogen) atoms. The smallest absolute Gasteiger partial charge is 0.656 e. The predicted octanol–water partition coefficient (Wildman–Crippen LogP) is 10.8. The van der Waals surface area contributed by atoms with Gasteiger partial charge in [0.2, 0.25) is 0 Å². The minimum atomic E-state index is -0.861. The van der Waals surface area contributed by atoms with Crippen LogP contribution in [0.25, 0.3) is 5.32 Å². The summed E-state index contributed by atoms with van der Waals surface area (Å²) in [5.74, 6) is 0. The molecule has 0 spiro atoms. The van der Waals surface area contributed by atoms with Crippen molar-refractivity contribution in [2.45, 2.75) is 171 Å². The van der Waals surface area contributed by atoms with Crippen LogP contribution in [0.2, 0.25) is 19.6 Å². The monoisotopic (exact) mass is 612 g/mol. The van der Waals surface area contributed by atoms with Crippen LogP contribution in [0.5, 0.6) is 0 Å². The molecule has 4 fully saturated rings. The quantitative estimate of drug-likeness (QED) is 0.101. The van der Waals surface area contributed by atoms with Gasteiger partial charge in [0.15, 0.2) is 0 Å². The fourth-order valence-electron chi connectivity index (χ4n) is 7.90. The largest absolute Gasteiger partial charge is 2.00 e. The zero-order chi connectivity index (χ0) is 25.6. The summed E-state index contributed by atoms with van der Waals surface area (Å²) < 4.78 is 0. The summed E-state index contributed by atoms with van der Waals surface area (Å²) in [7, 11) is -1.20. The van der Waals surface area contributed by atoms with Crippen LogP contribution in [0.15, 0.2) is 0 Å². The van der Waals surface area contributed by atoms with Crippen molar-refractivity contribution in [2.75, 3.05) is 25.4 Å². The summed E-state index contributed by atoms with van der Waals surface area (Å²) in [5, 5.41) is 5.28. The van der Waals surface area contributed by atoms with E-state index in [9.17, 15) is 0 Å². The summed E-state index contributed by atoms with van der Waals surface area (Å²) in [5.41, 5.74) is 4.62. The van der Waals surface area contributed by atoms with Gasteiger partial charge in [-0.15, -0.1) is 21.2 Å². The molecular weight excluding hydrogens is 547 g/mol. The molecule has 0 unspecified atom stereocenters. The Morgan fingerprint density at radius 2 is 0.730 bits per heavy atom. The maximum absolute atomic E-state index is 5.28. The van der Waals surface area contributed by atoms with E-state index in [1.165, 1.54) is 102 Å². The minimum Gasteiger partial charge on any atom is -0.656 e. The third-order valence-corrected chi connectivity index (χ3v) is 17.7. The van der Waals surface area contributed by atoms with E-state index in [4.69, 9.17) is 5.32 Å². The maximum atomic E-state index is 5.28. The molecule has 0 amide bonds. The van der Waals surface area contributed by atoms with Crippen LogP contribution in [-0.4, -0.2) is 56.1 Å². The van der Waals surface area contributed by atoms with Gasteiger partial charge in [-0.05, 0) is 103 Å². The van der Waals surface area contributed by atoms with Crippen molar-refractivity contribution in [1.29, 1.82) is 0 Å². The molecule has 1 nitrogen and oxygen atoms in total. The van der Waals surface area contributed by atoms with E-state index >= 15 is 0 Å². The van der Waals surface area contributed by atoms with Gasteiger partial charge in [-0.25, -0.2) is 0 Å². The van der Waals surface area contributed by atoms with Gasteiger partial charge in [0.05, 0.1) is 22.6 Å². The third-order valence-electron chi connectivity index (χ3n) is 9.64. The molecule has 0 aliphatic heterocycles. The molecule has 0 atom stereocenters. The molecule has 4 saturated carbocycles. The maximum Gasteiger partial charge on any atom is 2.00 e. The van der Waals surface area contributed by atoms with Gasteiger partial charge in [-0.3, -0.25) is 0 Å². The molecule has 0 N–H and O–H groups in total. The van der Waals surface area contributed by atoms with Crippen molar-refractivity contribution < 1.29 is 16.8 Å². The van der Waals surface area contributed by atoms with Crippen molar-refractivity contribution in [3.8, 4) is 0 Å². The van der Waals surface area contributed by atoms with Gasteiger partial charge >= 0.3 is 16.8 Å². The van der Waals surface area contributed by atoms with Crippen LogP contribution < -0.4 is 0 Å². The minimum absolute atomic E-state index is 0. The summed E-state index contributed by atoms with van der Waals surface area (Å²) in [6, 6.07) is 0. The second-order valence-electron chi connectivity index (χ2n) is 14.2. The van der Waals surface area contributed by atoms with Crippen LogP contribution in [0.4, 0.5) is 0 Å². The molecule has 219 valence electrons. The Morgan fingerprint density at radius 1 is 0.514 bits per heavy atom. The number of nitrogens with zero attached hydrogens (tertiary/aromatic N) is 1. The molecular formula is C32H65CoNP2Si+2. The van der Waals surface area contributed by atoms with E-state index < -0.39 is 8.07 Å². The van der Waals surface area contributed by atoms with Crippen molar-refractivity contribution in [3.63, 3.8) is 0 Å². The Bertz CT molecular complexity index is 463. The molecule has 0 saturated heterocycles. The van der Waals surface area contributed by atoms with Gasteiger partial charge in [0.1, 0.15) is 0 Å². The van der Waals surface area contributed by atoms with Crippen molar-refractivity contribution in [3.05, 3.63) is 11.9 Å². The van der Waals surface area contributed by atoms with Crippen molar-refractivity contribution >= 4 is 23.9 Å². The molecule has 0 aromatic heterocycles. The van der Waals surface area contributed by atoms with Crippen molar-refractivity contribution in [1.82, 2.24) is 0 Å². The molecule has 4 aliphatic carbocycles. The second-order valence-corrected chi connectivity index (χ2v) is 25.9. The van der Waals surface area contributed by atoms with Gasteiger partial charge in [-0.2, -0.15) is 0 Å². The fraction of sp³-hybridized carbons (Fsp3) is 0.969. The first-order chi connectivity index (χ1) is 17.4. The average molecular weight is 613 g/mol. The van der Waals surface area contributed by atoms with Crippen LogP contribution in [0.1, 0.15) is 128 Å². The van der Waals surface area contributed by atoms with E-state index in [0.717, 1.165) is 22.6 Å². The SMILES string of the molecule is C1CCC([PH+](CC[N-]CC[PH+](C2CCCCC2)C2CCCCC2)C2CCCCC2)CC1.[CH2-][Si](C)(C)C.[Co+2]. The molecule has 0 aromatic rings. The Kier molecular flexibility index (Phi) is 18.4. The van der Waals surface area contributed by atoms with E-state index in [0.29, 0.717) is 0 Å². The zero-order valence-electron chi connectivity index (χ0n) is 25.3. The first-order valence-electron chi connectivity index (χ1n) is 16.6.